The van der Waals surface area contributed by atoms with Crippen LogP contribution in [0.2, 0.25) is 0 Å². The smallest absolute Gasteiger partial charge is 0.407 e. The minimum Gasteiger partial charge on any atom is -0.480 e. The number of aryl methyl sites for hydroxylation is 1. The van der Waals surface area contributed by atoms with Crippen LogP contribution in [-0.2, 0) is 27.4 Å². The fourth-order valence-corrected chi connectivity index (χ4v) is 2.77. The Labute approximate surface area is 174 Å². The number of carboxylic acids is 1. The summed E-state index contributed by atoms with van der Waals surface area (Å²) in [4.78, 5) is 35.3. The van der Waals surface area contributed by atoms with E-state index in [2.05, 4.69) is 10.6 Å². The Kier molecular flexibility index (Phi) is 8.83. The van der Waals surface area contributed by atoms with Gasteiger partial charge in [-0.3, -0.25) is 4.79 Å². The first-order chi connectivity index (χ1) is 14.3. The van der Waals surface area contributed by atoms with E-state index in [0.717, 1.165) is 16.7 Å². The first-order valence-electron chi connectivity index (χ1n) is 9.54. The molecule has 2 atom stereocenters. The van der Waals surface area contributed by atoms with Crippen LogP contribution in [-0.4, -0.2) is 46.9 Å². The van der Waals surface area contributed by atoms with Crippen molar-refractivity contribution in [2.75, 3.05) is 6.54 Å². The van der Waals surface area contributed by atoms with E-state index in [1.165, 1.54) is 0 Å². The molecule has 0 aliphatic carbocycles. The monoisotopic (exact) mass is 414 g/mol. The van der Waals surface area contributed by atoms with E-state index in [9.17, 15) is 24.6 Å². The lowest BCUT2D eigenvalue weighted by atomic mass is 10.0. The van der Waals surface area contributed by atoms with Crippen molar-refractivity contribution in [2.24, 2.45) is 0 Å². The van der Waals surface area contributed by atoms with Crippen molar-refractivity contribution in [1.29, 1.82) is 0 Å². The van der Waals surface area contributed by atoms with Gasteiger partial charge in [0, 0.05) is 13.0 Å². The molecule has 0 aliphatic heterocycles. The number of nitrogens with one attached hydrogen (secondary N) is 2. The summed E-state index contributed by atoms with van der Waals surface area (Å²) < 4.78 is 5.02. The van der Waals surface area contributed by atoms with Gasteiger partial charge in [-0.2, -0.15) is 0 Å². The molecule has 0 fully saturated rings. The van der Waals surface area contributed by atoms with Gasteiger partial charge in [-0.15, -0.1) is 0 Å². The number of aliphatic hydroxyl groups excluding tert-OH is 1. The molecular weight excluding hydrogens is 388 g/mol. The average molecular weight is 414 g/mol. The van der Waals surface area contributed by atoms with Gasteiger partial charge in [-0.1, -0.05) is 54.6 Å². The van der Waals surface area contributed by atoms with Gasteiger partial charge in [0.1, 0.15) is 12.6 Å². The lowest BCUT2D eigenvalue weighted by Gasteiger charge is -2.17. The van der Waals surface area contributed by atoms with Crippen molar-refractivity contribution in [3.05, 3.63) is 71.3 Å². The second-order valence-electron chi connectivity index (χ2n) is 6.89. The fourth-order valence-electron chi connectivity index (χ4n) is 2.77. The molecule has 0 unspecified atom stereocenters. The molecule has 160 valence electrons. The number of aliphatic hydroxyl groups is 1. The molecule has 0 aromatic heterocycles. The van der Waals surface area contributed by atoms with E-state index in [1.807, 2.05) is 49.4 Å². The van der Waals surface area contributed by atoms with Crippen LogP contribution in [0, 0.1) is 6.92 Å². The van der Waals surface area contributed by atoms with Gasteiger partial charge in [0.15, 0.2) is 0 Å². The Balaban J connectivity index is 1.74. The number of amides is 2. The van der Waals surface area contributed by atoms with E-state index in [-0.39, 0.29) is 26.0 Å². The second-order valence-corrected chi connectivity index (χ2v) is 6.89. The molecule has 2 rings (SSSR count). The molecule has 2 aromatic rings. The molecule has 0 heterocycles. The summed E-state index contributed by atoms with van der Waals surface area (Å²) in [7, 11) is 0. The summed E-state index contributed by atoms with van der Waals surface area (Å²) in [5.41, 5.74) is 2.56. The molecule has 2 amide bonds. The lowest BCUT2D eigenvalue weighted by molar-refractivity contribution is -0.142. The first kappa shape index (κ1) is 22.9. The number of ether oxygens (including phenoxy) is 1. The summed E-state index contributed by atoms with van der Waals surface area (Å²) >= 11 is 0. The molecule has 0 saturated heterocycles. The van der Waals surface area contributed by atoms with Gasteiger partial charge >= 0.3 is 12.1 Å². The number of benzene rings is 2. The van der Waals surface area contributed by atoms with Gasteiger partial charge in [0.05, 0.1) is 12.5 Å². The molecule has 0 spiro atoms. The Bertz CT molecular complexity index is 856. The molecule has 8 nitrogen and oxygen atoms in total. The van der Waals surface area contributed by atoms with Crippen LogP contribution >= 0.6 is 0 Å². The Morgan fingerprint density at radius 1 is 1.03 bits per heavy atom. The van der Waals surface area contributed by atoms with Gasteiger partial charge in [0.2, 0.25) is 5.91 Å². The van der Waals surface area contributed by atoms with Crippen molar-refractivity contribution < 1.29 is 29.3 Å². The number of carboxylic acid groups (broad SMARTS) is 1. The number of carbonyl (C=O) groups is 3. The molecule has 0 bridgehead atoms. The largest absolute Gasteiger partial charge is 0.480 e. The third kappa shape index (κ3) is 7.92. The molecule has 8 heteroatoms. The zero-order valence-electron chi connectivity index (χ0n) is 16.7. The number of aliphatic carboxylic acids is 1. The van der Waals surface area contributed by atoms with Crippen molar-refractivity contribution in [2.45, 2.75) is 38.5 Å². The second kappa shape index (κ2) is 11.6. The molecule has 30 heavy (non-hydrogen) atoms. The van der Waals surface area contributed by atoms with Crippen LogP contribution in [0.3, 0.4) is 0 Å². The highest BCUT2D eigenvalue weighted by atomic mass is 16.5. The van der Waals surface area contributed by atoms with Crippen molar-refractivity contribution in [3.8, 4) is 0 Å². The molecule has 0 aliphatic rings. The van der Waals surface area contributed by atoms with Crippen LogP contribution in [0.25, 0.3) is 0 Å². The zero-order chi connectivity index (χ0) is 21.9. The van der Waals surface area contributed by atoms with E-state index in [4.69, 9.17) is 4.74 Å². The van der Waals surface area contributed by atoms with Crippen LogP contribution in [0.15, 0.2) is 54.6 Å². The summed E-state index contributed by atoms with van der Waals surface area (Å²) in [6, 6.07) is 15.3. The molecular formula is C22H26N2O6. The Hall–Kier alpha value is -3.39. The minimum absolute atomic E-state index is 0.0858. The number of alkyl carbamates (subject to hydrolysis) is 1. The minimum atomic E-state index is -1.18. The summed E-state index contributed by atoms with van der Waals surface area (Å²) in [5, 5.41) is 24.1. The SMILES string of the molecule is Cc1ccccc1C[C@H](NC(=O)C[C@@H](O)CNC(=O)OCc1ccccc1)C(=O)O. The summed E-state index contributed by atoms with van der Waals surface area (Å²) in [6.07, 6.45) is -2.12. The van der Waals surface area contributed by atoms with Gasteiger partial charge in [-0.25, -0.2) is 9.59 Å². The standard InChI is InChI=1S/C22H26N2O6/c1-15-7-5-6-10-17(15)11-19(21(27)28)24-20(26)12-18(25)13-23-22(29)30-14-16-8-3-2-4-9-16/h2-10,18-19,25H,11-14H2,1H3,(H,23,29)(H,24,26)(H,27,28)/t18-,19+/m1/s1. The highest BCUT2D eigenvalue weighted by molar-refractivity contribution is 5.84. The summed E-state index contributed by atoms with van der Waals surface area (Å²) in [5.74, 6) is -1.79. The number of hydrogen-bond acceptors (Lipinski definition) is 5. The van der Waals surface area contributed by atoms with Crippen LogP contribution < -0.4 is 10.6 Å². The highest BCUT2D eigenvalue weighted by Crippen LogP contribution is 2.10. The van der Waals surface area contributed by atoms with Gasteiger partial charge in [-0.05, 0) is 23.6 Å². The fraction of sp³-hybridized carbons (Fsp3) is 0.318. The normalized spacial score (nSPS) is 12.5. The quantitative estimate of drug-likeness (QED) is 0.470. The summed E-state index contributed by atoms with van der Waals surface area (Å²) in [6.45, 7) is 1.75. The third-order valence-electron chi connectivity index (χ3n) is 4.43. The Morgan fingerprint density at radius 2 is 1.70 bits per heavy atom. The molecule has 0 radical (unpaired) electrons. The number of hydrogen-bond donors (Lipinski definition) is 4. The van der Waals surface area contributed by atoms with E-state index < -0.39 is 30.1 Å². The van der Waals surface area contributed by atoms with E-state index in [0.29, 0.717) is 0 Å². The average Bonchev–Trinajstić information content (AvgIpc) is 2.72. The first-order valence-corrected chi connectivity index (χ1v) is 9.54. The van der Waals surface area contributed by atoms with Crippen LogP contribution in [0.4, 0.5) is 4.79 Å². The van der Waals surface area contributed by atoms with E-state index >= 15 is 0 Å². The number of carbonyl (C=O) groups excluding carboxylic acids is 2. The topological polar surface area (TPSA) is 125 Å². The maximum Gasteiger partial charge on any atom is 0.407 e. The maximum atomic E-state index is 12.1. The molecule has 4 N–H and O–H groups in total. The van der Waals surface area contributed by atoms with Gasteiger partial charge < -0.3 is 25.6 Å². The molecule has 0 saturated carbocycles. The predicted octanol–water partition coefficient (Wildman–Crippen LogP) is 1.78. The van der Waals surface area contributed by atoms with Crippen molar-refractivity contribution in [1.82, 2.24) is 10.6 Å². The zero-order valence-corrected chi connectivity index (χ0v) is 16.7. The van der Waals surface area contributed by atoms with Crippen molar-refractivity contribution in [3.63, 3.8) is 0 Å². The van der Waals surface area contributed by atoms with Crippen LogP contribution in [0.1, 0.15) is 23.1 Å². The Morgan fingerprint density at radius 3 is 2.37 bits per heavy atom. The highest BCUT2D eigenvalue weighted by Gasteiger charge is 2.22. The predicted molar refractivity (Wildman–Crippen MR) is 110 cm³/mol. The third-order valence-corrected chi connectivity index (χ3v) is 4.43. The lowest BCUT2D eigenvalue weighted by Crippen LogP contribution is -2.44. The van der Waals surface area contributed by atoms with Crippen molar-refractivity contribution >= 4 is 18.0 Å². The van der Waals surface area contributed by atoms with E-state index in [1.54, 1.807) is 12.1 Å². The van der Waals surface area contributed by atoms with Gasteiger partial charge in [0.25, 0.3) is 0 Å². The van der Waals surface area contributed by atoms with Crippen LogP contribution in [0.5, 0.6) is 0 Å². The molecule has 2 aromatic carbocycles. The maximum absolute atomic E-state index is 12.1. The number of rotatable bonds is 10.